The highest BCUT2D eigenvalue weighted by Crippen LogP contribution is 2.28. The molecular formula is C13H15BrClNO3S. The van der Waals surface area contributed by atoms with Gasteiger partial charge in [0.05, 0.1) is 4.90 Å². The Morgan fingerprint density at radius 2 is 2.20 bits per heavy atom. The molecule has 0 radical (unpaired) electrons. The van der Waals surface area contributed by atoms with Crippen molar-refractivity contribution in [3.05, 3.63) is 28.2 Å². The van der Waals surface area contributed by atoms with E-state index in [9.17, 15) is 13.2 Å². The molecule has 1 saturated heterocycles. The van der Waals surface area contributed by atoms with Crippen LogP contribution in [-0.2, 0) is 9.05 Å². The van der Waals surface area contributed by atoms with E-state index >= 15 is 0 Å². The predicted molar refractivity (Wildman–Crippen MR) is 81.5 cm³/mol. The van der Waals surface area contributed by atoms with Crippen LogP contribution in [-0.4, -0.2) is 32.3 Å². The molecule has 1 unspecified atom stereocenters. The Hall–Kier alpha value is -0.590. The van der Waals surface area contributed by atoms with E-state index in [1.807, 2.05) is 0 Å². The molecule has 1 aliphatic heterocycles. The van der Waals surface area contributed by atoms with Crippen molar-refractivity contribution in [2.24, 2.45) is 5.92 Å². The zero-order valence-corrected chi connectivity index (χ0v) is 14.1. The number of halogens is 2. The van der Waals surface area contributed by atoms with Crippen LogP contribution in [0.1, 0.15) is 30.1 Å². The summed E-state index contributed by atoms with van der Waals surface area (Å²) in [5.74, 6) is 0.389. The van der Waals surface area contributed by atoms with E-state index < -0.39 is 9.05 Å². The summed E-state index contributed by atoms with van der Waals surface area (Å²) in [5, 5.41) is 0. The molecule has 0 bridgehead atoms. The standard InChI is InChI=1S/C13H15BrClNO3S/c1-2-9-5-6-16(8-9)13(17)10-3-4-11(14)12(7-10)20(15,18)19/h3-4,7,9H,2,5-6,8H2,1H3. The molecular weight excluding hydrogens is 366 g/mol. The Balaban J connectivity index is 2.28. The first kappa shape index (κ1) is 15.8. The third-order valence-corrected chi connectivity index (χ3v) is 5.91. The average Bonchev–Trinajstić information content (AvgIpc) is 2.86. The Morgan fingerprint density at radius 3 is 2.75 bits per heavy atom. The van der Waals surface area contributed by atoms with Crippen molar-refractivity contribution in [2.45, 2.75) is 24.7 Å². The minimum absolute atomic E-state index is 0.0729. The van der Waals surface area contributed by atoms with E-state index in [2.05, 4.69) is 22.9 Å². The van der Waals surface area contributed by atoms with Gasteiger partial charge in [0.2, 0.25) is 0 Å². The van der Waals surface area contributed by atoms with E-state index in [1.54, 1.807) is 11.0 Å². The first-order valence-corrected chi connectivity index (χ1v) is 9.46. The van der Waals surface area contributed by atoms with Gasteiger partial charge in [0, 0.05) is 33.8 Å². The van der Waals surface area contributed by atoms with Crippen LogP contribution in [0.4, 0.5) is 0 Å². The number of amides is 1. The monoisotopic (exact) mass is 379 g/mol. The minimum Gasteiger partial charge on any atom is -0.338 e. The summed E-state index contributed by atoms with van der Waals surface area (Å²) in [5.41, 5.74) is 0.351. The molecule has 4 nitrogen and oxygen atoms in total. The van der Waals surface area contributed by atoms with E-state index in [-0.39, 0.29) is 10.8 Å². The molecule has 0 N–H and O–H groups in total. The van der Waals surface area contributed by atoms with Gasteiger partial charge in [0.1, 0.15) is 0 Å². The number of hydrogen-bond acceptors (Lipinski definition) is 3. The van der Waals surface area contributed by atoms with Gasteiger partial charge < -0.3 is 4.90 Å². The van der Waals surface area contributed by atoms with E-state index in [0.717, 1.165) is 25.9 Å². The summed E-state index contributed by atoms with van der Waals surface area (Å²) < 4.78 is 23.3. The van der Waals surface area contributed by atoms with Gasteiger partial charge in [0.15, 0.2) is 0 Å². The zero-order chi connectivity index (χ0) is 14.9. The molecule has 1 fully saturated rings. The largest absolute Gasteiger partial charge is 0.338 e. The highest BCUT2D eigenvalue weighted by Gasteiger charge is 2.27. The van der Waals surface area contributed by atoms with Crippen molar-refractivity contribution < 1.29 is 13.2 Å². The second-order valence-electron chi connectivity index (χ2n) is 4.90. The minimum atomic E-state index is -3.87. The fourth-order valence-electron chi connectivity index (χ4n) is 2.36. The Morgan fingerprint density at radius 1 is 1.50 bits per heavy atom. The summed E-state index contributed by atoms with van der Waals surface area (Å²) in [6, 6.07) is 4.47. The highest BCUT2D eigenvalue weighted by atomic mass is 79.9. The van der Waals surface area contributed by atoms with Crippen LogP contribution in [0.2, 0.25) is 0 Å². The van der Waals surface area contributed by atoms with Crippen molar-refractivity contribution in [2.75, 3.05) is 13.1 Å². The van der Waals surface area contributed by atoms with Crippen molar-refractivity contribution >= 4 is 41.6 Å². The van der Waals surface area contributed by atoms with E-state index in [4.69, 9.17) is 10.7 Å². The first-order chi connectivity index (χ1) is 9.32. The van der Waals surface area contributed by atoms with Gasteiger partial charge in [-0.25, -0.2) is 8.42 Å². The number of rotatable bonds is 3. The normalized spacial score (nSPS) is 19.4. The number of nitrogens with zero attached hydrogens (tertiary/aromatic N) is 1. The van der Waals surface area contributed by atoms with E-state index in [1.165, 1.54) is 12.1 Å². The van der Waals surface area contributed by atoms with Gasteiger partial charge in [-0.3, -0.25) is 4.79 Å². The van der Waals surface area contributed by atoms with Crippen LogP contribution in [0, 0.1) is 5.92 Å². The fraction of sp³-hybridized carbons (Fsp3) is 0.462. The van der Waals surface area contributed by atoms with Crippen LogP contribution in [0.3, 0.4) is 0 Å². The van der Waals surface area contributed by atoms with Crippen LogP contribution in [0.15, 0.2) is 27.6 Å². The topological polar surface area (TPSA) is 54.5 Å². The maximum Gasteiger partial charge on any atom is 0.262 e. The molecule has 1 aromatic carbocycles. The van der Waals surface area contributed by atoms with Crippen LogP contribution in [0.5, 0.6) is 0 Å². The molecule has 20 heavy (non-hydrogen) atoms. The molecule has 0 spiro atoms. The fourth-order valence-corrected chi connectivity index (χ4v) is 4.47. The van der Waals surface area contributed by atoms with Gasteiger partial charge in [-0.15, -0.1) is 0 Å². The van der Waals surface area contributed by atoms with Gasteiger partial charge >= 0.3 is 0 Å². The van der Waals surface area contributed by atoms with Crippen LogP contribution < -0.4 is 0 Å². The smallest absolute Gasteiger partial charge is 0.262 e. The quantitative estimate of drug-likeness (QED) is 0.756. The zero-order valence-electron chi connectivity index (χ0n) is 11.0. The number of likely N-dealkylation sites (tertiary alicyclic amines) is 1. The third kappa shape index (κ3) is 3.35. The van der Waals surface area contributed by atoms with Crippen molar-refractivity contribution in [1.82, 2.24) is 4.90 Å². The van der Waals surface area contributed by atoms with E-state index in [0.29, 0.717) is 16.0 Å². The van der Waals surface area contributed by atoms with Crippen molar-refractivity contribution in [3.63, 3.8) is 0 Å². The Bertz CT molecular complexity index is 633. The lowest BCUT2D eigenvalue weighted by molar-refractivity contribution is 0.0786. The van der Waals surface area contributed by atoms with Crippen molar-refractivity contribution in [3.8, 4) is 0 Å². The number of carbonyl (C=O) groups is 1. The Labute approximate surface area is 131 Å². The SMILES string of the molecule is CCC1CCN(C(=O)c2ccc(Br)c(S(=O)(=O)Cl)c2)C1. The molecule has 7 heteroatoms. The van der Waals surface area contributed by atoms with Gasteiger partial charge in [-0.05, 0) is 46.5 Å². The molecule has 2 rings (SSSR count). The molecule has 1 aliphatic rings. The van der Waals surface area contributed by atoms with Crippen molar-refractivity contribution in [1.29, 1.82) is 0 Å². The molecule has 110 valence electrons. The molecule has 1 atom stereocenters. The molecule has 1 heterocycles. The average molecular weight is 381 g/mol. The summed E-state index contributed by atoms with van der Waals surface area (Å²) in [7, 11) is 1.49. The van der Waals surface area contributed by atoms with Crippen LogP contribution >= 0.6 is 26.6 Å². The second-order valence-corrected chi connectivity index (χ2v) is 8.29. The lowest BCUT2D eigenvalue weighted by Crippen LogP contribution is -2.28. The Kier molecular flexibility index (Phi) is 4.76. The maximum absolute atomic E-state index is 12.4. The molecule has 1 amide bonds. The summed E-state index contributed by atoms with van der Waals surface area (Å²) in [6.07, 6.45) is 2.05. The molecule has 0 aromatic heterocycles. The summed E-state index contributed by atoms with van der Waals surface area (Å²) in [6.45, 7) is 3.56. The molecule has 0 saturated carbocycles. The number of hydrogen-bond donors (Lipinski definition) is 0. The second kappa shape index (κ2) is 6.03. The van der Waals surface area contributed by atoms with Gasteiger partial charge in [0.25, 0.3) is 15.0 Å². The number of benzene rings is 1. The lowest BCUT2D eigenvalue weighted by atomic mass is 10.1. The maximum atomic E-state index is 12.4. The molecule has 1 aromatic rings. The predicted octanol–water partition coefficient (Wildman–Crippen LogP) is 3.25. The van der Waals surface area contributed by atoms with Gasteiger partial charge in [-0.2, -0.15) is 0 Å². The lowest BCUT2D eigenvalue weighted by Gasteiger charge is -2.16. The molecule has 0 aliphatic carbocycles. The summed E-state index contributed by atoms with van der Waals surface area (Å²) >= 11 is 3.13. The highest BCUT2D eigenvalue weighted by molar-refractivity contribution is 9.10. The number of carbonyl (C=O) groups excluding carboxylic acids is 1. The summed E-state index contributed by atoms with van der Waals surface area (Å²) in [4.78, 5) is 14.1. The first-order valence-electron chi connectivity index (χ1n) is 6.36. The van der Waals surface area contributed by atoms with Gasteiger partial charge in [-0.1, -0.05) is 13.3 Å². The third-order valence-electron chi connectivity index (χ3n) is 3.59. The van der Waals surface area contributed by atoms with Crippen LogP contribution in [0.25, 0.3) is 0 Å².